The molecule has 1 aromatic heterocycles. The number of aromatic nitrogens is 1. The van der Waals surface area contributed by atoms with E-state index in [0.29, 0.717) is 0 Å². The van der Waals surface area contributed by atoms with Crippen LogP contribution in [0.2, 0.25) is 0 Å². The van der Waals surface area contributed by atoms with E-state index >= 15 is 0 Å². The van der Waals surface area contributed by atoms with Gasteiger partial charge in [0.15, 0.2) is 0 Å². The molecule has 0 aliphatic carbocycles. The summed E-state index contributed by atoms with van der Waals surface area (Å²) >= 11 is 0. The third-order valence-corrected chi connectivity index (χ3v) is 3.87. The molecule has 0 saturated carbocycles. The van der Waals surface area contributed by atoms with Crippen LogP contribution in [0.4, 0.5) is 0 Å². The minimum absolute atomic E-state index is 0.0861. The molecule has 92 valence electrons. The molecule has 0 radical (unpaired) electrons. The van der Waals surface area contributed by atoms with Crippen LogP contribution in [0.15, 0.2) is 24.5 Å². The van der Waals surface area contributed by atoms with Gasteiger partial charge in [-0.15, -0.1) is 0 Å². The molecule has 0 spiro atoms. The van der Waals surface area contributed by atoms with Crippen molar-refractivity contribution in [2.45, 2.75) is 25.3 Å². The van der Waals surface area contributed by atoms with Crippen molar-refractivity contribution >= 4 is 5.97 Å². The lowest BCUT2D eigenvalue weighted by Gasteiger charge is -2.46. The van der Waals surface area contributed by atoms with Gasteiger partial charge in [0.05, 0.1) is 0 Å². The molecule has 1 aliphatic rings. The van der Waals surface area contributed by atoms with E-state index in [2.05, 4.69) is 4.98 Å². The molecule has 2 rings (SSSR count). The number of likely N-dealkylation sites (tertiary alicyclic amines) is 1. The number of carboxylic acids is 1. The molecule has 1 fully saturated rings. The normalized spacial score (nSPS) is 30.1. The van der Waals surface area contributed by atoms with Crippen LogP contribution in [0.1, 0.15) is 25.3 Å². The van der Waals surface area contributed by atoms with Gasteiger partial charge in [0.25, 0.3) is 0 Å². The molecular formula is C13H18N2O2. The molecule has 0 bridgehead atoms. The van der Waals surface area contributed by atoms with Crippen LogP contribution in [0.3, 0.4) is 0 Å². The molecule has 17 heavy (non-hydrogen) atoms. The van der Waals surface area contributed by atoms with Gasteiger partial charge < -0.3 is 5.11 Å². The Morgan fingerprint density at radius 3 is 2.94 bits per heavy atom. The smallest absolute Gasteiger partial charge is 0.329 e. The first-order chi connectivity index (χ1) is 8.10. The second-order valence-corrected chi connectivity index (χ2v) is 4.78. The predicted molar refractivity (Wildman–Crippen MR) is 64.6 cm³/mol. The number of likely N-dealkylation sites (N-methyl/N-ethyl adjacent to an activating group) is 1. The lowest BCUT2D eigenvalue weighted by Crippen LogP contribution is -2.57. The second kappa shape index (κ2) is 4.45. The van der Waals surface area contributed by atoms with Crippen LogP contribution >= 0.6 is 0 Å². The van der Waals surface area contributed by atoms with E-state index in [1.807, 2.05) is 24.9 Å². The summed E-state index contributed by atoms with van der Waals surface area (Å²) in [5.74, 6) is -0.692. The first-order valence-electron chi connectivity index (χ1n) is 5.95. The van der Waals surface area contributed by atoms with E-state index in [1.54, 1.807) is 18.5 Å². The maximum atomic E-state index is 11.8. The van der Waals surface area contributed by atoms with Crippen molar-refractivity contribution in [1.29, 1.82) is 0 Å². The molecule has 1 aliphatic heterocycles. The summed E-state index contributed by atoms with van der Waals surface area (Å²) in [6.45, 7) is 2.82. The quantitative estimate of drug-likeness (QED) is 0.846. The van der Waals surface area contributed by atoms with Crippen LogP contribution in [0.25, 0.3) is 0 Å². The van der Waals surface area contributed by atoms with Gasteiger partial charge in [-0.2, -0.15) is 0 Å². The fourth-order valence-corrected chi connectivity index (χ4v) is 2.99. The van der Waals surface area contributed by atoms with Crippen molar-refractivity contribution in [3.05, 3.63) is 30.1 Å². The molecule has 4 nitrogen and oxygen atoms in total. The fourth-order valence-electron chi connectivity index (χ4n) is 2.99. The van der Waals surface area contributed by atoms with E-state index in [0.717, 1.165) is 24.9 Å². The van der Waals surface area contributed by atoms with Crippen molar-refractivity contribution in [2.24, 2.45) is 5.92 Å². The Hall–Kier alpha value is -1.42. The van der Waals surface area contributed by atoms with Crippen LogP contribution in [-0.2, 0) is 10.3 Å². The van der Waals surface area contributed by atoms with Gasteiger partial charge >= 0.3 is 5.97 Å². The Kier molecular flexibility index (Phi) is 3.15. The summed E-state index contributed by atoms with van der Waals surface area (Å²) in [4.78, 5) is 17.8. The van der Waals surface area contributed by atoms with Crippen LogP contribution in [-0.4, -0.2) is 34.6 Å². The number of aliphatic carboxylic acids is 1. The number of pyridine rings is 1. The van der Waals surface area contributed by atoms with Gasteiger partial charge in [0.2, 0.25) is 0 Å². The van der Waals surface area contributed by atoms with Gasteiger partial charge in [-0.1, -0.05) is 13.0 Å². The molecule has 4 heteroatoms. The highest BCUT2D eigenvalue weighted by atomic mass is 16.4. The van der Waals surface area contributed by atoms with E-state index in [9.17, 15) is 9.90 Å². The van der Waals surface area contributed by atoms with Crippen LogP contribution < -0.4 is 0 Å². The van der Waals surface area contributed by atoms with Crippen molar-refractivity contribution in [1.82, 2.24) is 9.88 Å². The predicted octanol–water partition coefficient (Wildman–Crippen LogP) is 1.72. The molecule has 1 N–H and O–H groups in total. The zero-order chi connectivity index (χ0) is 12.5. The molecule has 2 atom stereocenters. The lowest BCUT2D eigenvalue weighted by atomic mass is 9.73. The third kappa shape index (κ3) is 1.72. The number of hydrogen-bond acceptors (Lipinski definition) is 3. The van der Waals surface area contributed by atoms with Crippen LogP contribution in [0.5, 0.6) is 0 Å². The zero-order valence-electron chi connectivity index (χ0n) is 10.3. The van der Waals surface area contributed by atoms with Crippen molar-refractivity contribution < 1.29 is 9.90 Å². The minimum atomic E-state index is -0.924. The molecule has 1 saturated heterocycles. The summed E-state index contributed by atoms with van der Waals surface area (Å²) in [5.41, 5.74) is -0.144. The fraction of sp³-hybridized carbons (Fsp3) is 0.538. The largest absolute Gasteiger partial charge is 0.480 e. The summed E-state index contributed by atoms with van der Waals surface area (Å²) in [7, 11) is 1.89. The van der Waals surface area contributed by atoms with Crippen molar-refractivity contribution in [3.8, 4) is 0 Å². The molecule has 0 amide bonds. The average molecular weight is 234 g/mol. The van der Waals surface area contributed by atoms with Gasteiger partial charge in [-0.25, -0.2) is 4.79 Å². The Labute approximate surface area is 101 Å². The van der Waals surface area contributed by atoms with E-state index in [-0.39, 0.29) is 5.92 Å². The van der Waals surface area contributed by atoms with Gasteiger partial charge in [-0.05, 0) is 38.4 Å². The Bertz CT molecular complexity index is 395. The SMILES string of the molecule is CC1CCCN(C)C1(C(=O)O)c1cccnc1. The maximum absolute atomic E-state index is 11.8. The third-order valence-electron chi connectivity index (χ3n) is 3.87. The first kappa shape index (κ1) is 12.0. The molecule has 0 aromatic carbocycles. The topological polar surface area (TPSA) is 53.4 Å². The highest BCUT2D eigenvalue weighted by molar-refractivity contribution is 5.81. The number of hydrogen-bond donors (Lipinski definition) is 1. The Morgan fingerprint density at radius 2 is 2.41 bits per heavy atom. The Balaban J connectivity index is 2.55. The number of nitrogens with zero attached hydrogens (tertiary/aromatic N) is 2. The molecule has 1 aromatic rings. The Morgan fingerprint density at radius 1 is 1.65 bits per heavy atom. The highest BCUT2D eigenvalue weighted by Gasteiger charge is 2.50. The van der Waals surface area contributed by atoms with Crippen molar-refractivity contribution in [2.75, 3.05) is 13.6 Å². The van der Waals surface area contributed by atoms with E-state index < -0.39 is 11.5 Å². The summed E-state index contributed by atoms with van der Waals surface area (Å²) < 4.78 is 0. The summed E-state index contributed by atoms with van der Waals surface area (Å²) in [6.07, 6.45) is 5.33. The summed E-state index contributed by atoms with van der Waals surface area (Å²) in [6, 6.07) is 3.66. The number of rotatable bonds is 2. The van der Waals surface area contributed by atoms with E-state index in [4.69, 9.17) is 0 Å². The number of piperidine rings is 1. The lowest BCUT2D eigenvalue weighted by molar-refractivity contribution is -0.158. The molecule has 2 unspecified atom stereocenters. The van der Waals surface area contributed by atoms with Crippen molar-refractivity contribution in [3.63, 3.8) is 0 Å². The van der Waals surface area contributed by atoms with Gasteiger partial charge in [0.1, 0.15) is 5.54 Å². The minimum Gasteiger partial charge on any atom is -0.480 e. The molecular weight excluding hydrogens is 216 g/mol. The van der Waals surface area contributed by atoms with Crippen LogP contribution in [0, 0.1) is 5.92 Å². The number of carboxylic acid groups (broad SMARTS) is 1. The first-order valence-corrected chi connectivity index (χ1v) is 5.95. The maximum Gasteiger partial charge on any atom is 0.329 e. The number of carbonyl (C=O) groups is 1. The van der Waals surface area contributed by atoms with Gasteiger partial charge in [-0.3, -0.25) is 9.88 Å². The van der Waals surface area contributed by atoms with E-state index in [1.165, 1.54) is 0 Å². The highest BCUT2D eigenvalue weighted by Crippen LogP contribution is 2.41. The molecule has 2 heterocycles. The second-order valence-electron chi connectivity index (χ2n) is 4.78. The average Bonchev–Trinajstić information content (AvgIpc) is 2.30. The van der Waals surface area contributed by atoms with Gasteiger partial charge in [0, 0.05) is 18.0 Å². The summed E-state index contributed by atoms with van der Waals surface area (Å²) in [5, 5.41) is 9.71. The standard InChI is InChI=1S/C13H18N2O2/c1-10-5-4-8-15(2)13(10,12(16)17)11-6-3-7-14-9-11/h3,6-7,9-10H,4-5,8H2,1-2H3,(H,16,17). The monoisotopic (exact) mass is 234 g/mol. The zero-order valence-corrected chi connectivity index (χ0v) is 10.3.